The fourth-order valence-electron chi connectivity index (χ4n) is 1.27. The molecule has 2 rings (SSSR count). The van der Waals surface area contributed by atoms with E-state index in [1.54, 1.807) is 0 Å². The summed E-state index contributed by atoms with van der Waals surface area (Å²) < 4.78 is 5.24. The van der Waals surface area contributed by atoms with E-state index >= 15 is 0 Å². The number of benzene rings is 1. The number of fused-ring (bicyclic) bond motifs is 1. The Balaban J connectivity index is 2.57. The van der Waals surface area contributed by atoms with E-state index in [9.17, 15) is 0 Å². The normalized spacial score (nSPS) is 10.4. The molecule has 0 saturated heterocycles. The van der Waals surface area contributed by atoms with Crippen LogP contribution in [0.15, 0.2) is 30.5 Å². The molecule has 0 amide bonds. The molecular weight excluding hydrogens is 152 g/mol. The molecule has 0 aliphatic heterocycles. The Morgan fingerprint density at radius 2 is 2.25 bits per heavy atom. The van der Waals surface area contributed by atoms with E-state index in [-0.39, 0.29) is 6.73 Å². The third-order valence-electron chi connectivity index (χ3n) is 1.79. The molecule has 0 saturated carbocycles. The van der Waals surface area contributed by atoms with Gasteiger partial charge in [0.1, 0.15) is 12.5 Å². The lowest BCUT2D eigenvalue weighted by Crippen LogP contribution is -2.07. The quantitative estimate of drug-likeness (QED) is 0.657. The molecule has 0 unspecified atom stereocenters. The van der Waals surface area contributed by atoms with Crippen LogP contribution in [-0.2, 0) is 0 Å². The van der Waals surface area contributed by atoms with Crippen molar-refractivity contribution >= 4 is 10.9 Å². The van der Waals surface area contributed by atoms with Crippen molar-refractivity contribution in [1.29, 1.82) is 0 Å². The monoisotopic (exact) mass is 162 g/mol. The topological polar surface area (TPSA) is 51.0 Å². The summed E-state index contributed by atoms with van der Waals surface area (Å²) in [5, 5.41) is 1.07. The van der Waals surface area contributed by atoms with Gasteiger partial charge in [0.15, 0.2) is 0 Å². The Bertz CT molecular complexity index is 381. The largest absolute Gasteiger partial charge is 0.478 e. The summed E-state index contributed by atoms with van der Waals surface area (Å²) >= 11 is 0. The molecule has 12 heavy (non-hydrogen) atoms. The number of H-pyrrole nitrogens is 1. The maximum Gasteiger partial charge on any atom is 0.137 e. The molecular formula is C9H10N2O. The second-order valence-corrected chi connectivity index (χ2v) is 2.51. The number of nitrogens with one attached hydrogen (secondary N) is 1. The highest BCUT2D eigenvalue weighted by Gasteiger charge is 1.99. The Morgan fingerprint density at radius 1 is 1.33 bits per heavy atom. The van der Waals surface area contributed by atoms with E-state index < -0.39 is 0 Å². The lowest BCUT2D eigenvalue weighted by molar-refractivity contribution is 0.333. The molecule has 1 aromatic carbocycles. The number of nitrogens with two attached hydrogens (primary N) is 1. The highest BCUT2D eigenvalue weighted by molar-refractivity contribution is 5.85. The van der Waals surface area contributed by atoms with Gasteiger partial charge in [0.05, 0.1) is 0 Å². The van der Waals surface area contributed by atoms with Crippen LogP contribution >= 0.6 is 0 Å². The van der Waals surface area contributed by atoms with E-state index in [4.69, 9.17) is 10.5 Å². The van der Waals surface area contributed by atoms with Crippen LogP contribution in [-0.4, -0.2) is 11.7 Å². The first-order valence-electron chi connectivity index (χ1n) is 3.81. The SMILES string of the molecule is NCOc1cccc2[nH]ccc12. The number of aromatic amines is 1. The molecule has 62 valence electrons. The first-order chi connectivity index (χ1) is 5.92. The predicted octanol–water partition coefficient (Wildman–Crippen LogP) is 1.46. The van der Waals surface area contributed by atoms with E-state index in [0.717, 1.165) is 16.7 Å². The molecule has 3 N–H and O–H groups in total. The average molecular weight is 162 g/mol. The molecule has 0 spiro atoms. The van der Waals surface area contributed by atoms with Gasteiger partial charge < -0.3 is 9.72 Å². The van der Waals surface area contributed by atoms with Crippen molar-refractivity contribution in [2.75, 3.05) is 6.73 Å². The predicted molar refractivity (Wildman–Crippen MR) is 48.0 cm³/mol. The fraction of sp³-hybridized carbons (Fsp3) is 0.111. The maximum absolute atomic E-state index is 5.29. The Morgan fingerprint density at radius 3 is 3.08 bits per heavy atom. The van der Waals surface area contributed by atoms with E-state index in [1.165, 1.54) is 0 Å². The van der Waals surface area contributed by atoms with Gasteiger partial charge in [-0.25, -0.2) is 0 Å². The van der Waals surface area contributed by atoms with Gasteiger partial charge >= 0.3 is 0 Å². The van der Waals surface area contributed by atoms with Crippen LogP contribution in [0.1, 0.15) is 0 Å². The van der Waals surface area contributed by atoms with Crippen LogP contribution in [0.2, 0.25) is 0 Å². The second kappa shape index (κ2) is 2.87. The molecule has 0 fully saturated rings. The molecule has 2 aromatic rings. The third kappa shape index (κ3) is 1.04. The summed E-state index contributed by atoms with van der Waals surface area (Å²) in [6.07, 6.45) is 1.88. The van der Waals surface area contributed by atoms with Crippen molar-refractivity contribution in [2.24, 2.45) is 5.73 Å². The molecule has 0 atom stereocenters. The number of rotatable bonds is 2. The molecule has 1 heterocycles. The molecule has 1 aromatic heterocycles. The smallest absolute Gasteiger partial charge is 0.137 e. The first-order valence-corrected chi connectivity index (χ1v) is 3.81. The van der Waals surface area contributed by atoms with Crippen molar-refractivity contribution in [3.05, 3.63) is 30.5 Å². The van der Waals surface area contributed by atoms with Crippen molar-refractivity contribution < 1.29 is 4.74 Å². The van der Waals surface area contributed by atoms with Gasteiger partial charge in [-0.1, -0.05) is 6.07 Å². The Kier molecular flexibility index (Phi) is 1.72. The molecule has 0 radical (unpaired) electrons. The van der Waals surface area contributed by atoms with Gasteiger partial charge in [0, 0.05) is 17.1 Å². The lowest BCUT2D eigenvalue weighted by atomic mass is 10.2. The van der Waals surface area contributed by atoms with Crippen LogP contribution in [0.3, 0.4) is 0 Å². The number of ether oxygens (including phenoxy) is 1. The van der Waals surface area contributed by atoms with Gasteiger partial charge in [0.2, 0.25) is 0 Å². The molecule has 3 nitrogen and oxygen atoms in total. The number of hydrogen-bond acceptors (Lipinski definition) is 2. The minimum Gasteiger partial charge on any atom is -0.478 e. The lowest BCUT2D eigenvalue weighted by Gasteiger charge is -2.02. The zero-order valence-corrected chi connectivity index (χ0v) is 6.58. The molecule has 0 aliphatic carbocycles. The summed E-state index contributed by atoms with van der Waals surface area (Å²) in [7, 11) is 0. The standard InChI is InChI=1S/C9H10N2O/c10-6-12-9-3-1-2-8-7(9)4-5-11-8/h1-5,11H,6,10H2. The number of hydrogen-bond donors (Lipinski definition) is 2. The molecule has 0 bridgehead atoms. The van der Waals surface area contributed by atoms with Crippen LogP contribution in [0.4, 0.5) is 0 Å². The summed E-state index contributed by atoms with van der Waals surface area (Å²) in [6.45, 7) is 0.213. The van der Waals surface area contributed by atoms with Crippen molar-refractivity contribution in [3.63, 3.8) is 0 Å². The summed E-state index contributed by atoms with van der Waals surface area (Å²) in [5.74, 6) is 0.830. The van der Waals surface area contributed by atoms with Crippen LogP contribution in [0.25, 0.3) is 10.9 Å². The average Bonchev–Trinajstić information content (AvgIpc) is 2.53. The van der Waals surface area contributed by atoms with Gasteiger partial charge in [-0.05, 0) is 18.2 Å². The first kappa shape index (κ1) is 7.18. The van der Waals surface area contributed by atoms with Crippen LogP contribution in [0, 0.1) is 0 Å². The number of aromatic nitrogens is 1. The molecule has 3 heteroatoms. The summed E-state index contributed by atoms with van der Waals surface area (Å²) in [6, 6.07) is 7.81. The van der Waals surface area contributed by atoms with E-state index in [2.05, 4.69) is 4.98 Å². The minimum atomic E-state index is 0.213. The van der Waals surface area contributed by atoms with E-state index in [0.29, 0.717) is 0 Å². The highest BCUT2D eigenvalue weighted by Crippen LogP contribution is 2.23. The van der Waals surface area contributed by atoms with Gasteiger partial charge in [-0.15, -0.1) is 0 Å². The van der Waals surface area contributed by atoms with Crippen LogP contribution in [0.5, 0.6) is 5.75 Å². The second-order valence-electron chi connectivity index (χ2n) is 2.51. The minimum absolute atomic E-state index is 0.213. The maximum atomic E-state index is 5.29. The van der Waals surface area contributed by atoms with Gasteiger partial charge in [-0.3, -0.25) is 5.73 Å². The van der Waals surface area contributed by atoms with Crippen molar-refractivity contribution in [3.8, 4) is 5.75 Å². The van der Waals surface area contributed by atoms with Crippen molar-refractivity contribution in [1.82, 2.24) is 4.98 Å². The fourth-order valence-corrected chi connectivity index (χ4v) is 1.27. The summed E-state index contributed by atoms with van der Waals surface area (Å²) in [4.78, 5) is 3.10. The van der Waals surface area contributed by atoms with Gasteiger partial charge in [-0.2, -0.15) is 0 Å². The Labute approximate surface area is 70.1 Å². The molecule has 0 aliphatic rings. The third-order valence-corrected chi connectivity index (χ3v) is 1.79. The van der Waals surface area contributed by atoms with Gasteiger partial charge in [0.25, 0.3) is 0 Å². The Hall–Kier alpha value is -1.48. The zero-order valence-electron chi connectivity index (χ0n) is 6.58. The van der Waals surface area contributed by atoms with Crippen LogP contribution < -0.4 is 10.5 Å². The zero-order chi connectivity index (χ0) is 8.39. The van der Waals surface area contributed by atoms with Crippen molar-refractivity contribution in [2.45, 2.75) is 0 Å². The highest BCUT2D eigenvalue weighted by atomic mass is 16.5. The van der Waals surface area contributed by atoms with E-state index in [1.807, 2.05) is 30.5 Å². The summed E-state index contributed by atoms with van der Waals surface area (Å²) in [5.41, 5.74) is 6.36.